The number of carbonyl (C=O) groups is 3. The lowest BCUT2D eigenvalue weighted by Gasteiger charge is -2.14. The molecular formula is C25H25N3O6. The van der Waals surface area contributed by atoms with Crippen molar-refractivity contribution in [1.29, 1.82) is 0 Å². The van der Waals surface area contributed by atoms with Gasteiger partial charge in [-0.05, 0) is 28.7 Å². The fourth-order valence-electron chi connectivity index (χ4n) is 4.16. The summed E-state index contributed by atoms with van der Waals surface area (Å²) in [6.45, 7) is 1.84. The number of carboxylic acid groups (broad SMARTS) is 1. The number of alkyl carbamates (subject to hydrolysis) is 1. The Morgan fingerprint density at radius 3 is 2.35 bits per heavy atom. The zero-order chi connectivity index (χ0) is 24.1. The Kier molecular flexibility index (Phi) is 6.91. The highest BCUT2D eigenvalue weighted by Crippen LogP contribution is 2.44. The molecule has 0 fully saturated rings. The summed E-state index contributed by atoms with van der Waals surface area (Å²) in [6.07, 6.45) is 1.27. The molecule has 4 rings (SSSR count). The molecule has 9 heteroatoms. The predicted molar refractivity (Wildman–Crippen MR) is 122 cm³/mol. The van der Waals surface area contributed by atoms with Gasteiger partial charge in [-0.25, -0.2) is 14.6 Å². The third-order valence-corrected chi connectivity index (χ3v) is 5.77. The van der Waals surface area contributed by atoms with Crippen molar-refractivity contribution in [2.24, 2.45) is 0 Å². The van der Waals surface area contributed by atoms with Crippen molar-refractivity contribution in [3.63, 3.8) is 0 Å². The molecule has 0 aliphatic heterocycles. The van der Waals surface area contributed by atoms with Gasteiger partial charge in [-0.15, -0.1) is 0 Å². The number of nitrogens with one attached hydrogen (secondary N) is 2. The van der Waals surface area contributed by atoms with Crippen molar-refractivity contribution in [2.45, 2.75) is 38.3 Å². The van der Waals surface area contributed by atoms with Crippen molar-refractivity contribution in [2.75, 3.05) is 6.61 Å². The molecule has 1 aliphatic rings. The van der Waals surface area contributed by atoms with Crippen LogP contribution in [0.5, 0.6) is 0 Å². The summed E-state index contributed by atoms with van der Waals surface area (Å²) in [4.78, 5) is 40.0. The van der Waals surface area contributed by atoms with E-state index in [1.54, 1.807) is 0 Å². The Morgan fingerprint density at radius 2 is 1.74 bits per heavy atom. The second kappa shape index (κ2) is 10.2. The second-order valence-electron chi connectivity index (χ2n) is 7.96. The summed E-state index contributed by atoms with van der Waals surface area (Å²) < 4.78 is 10.7. The largest absolute Gasteiger partial charge is 0.480 e. The summed E-state index contributed by atoms with van der Waals surface area (Å²) in [6, 6.07) is 15.0. The van der Waals surface area contributed by atoms with Gasteiger partial charge in [-0.1, -0.05) is 61.9 Å². The van der Waals surface area contributed by atoms with Gasteiger partial charge in [0, 0.05) is 5.92 Å². The quantitative estimate of drug-likeness (QED) is 0.441. The molecule has 34 heavy (non-hydrogen) atoms. The van der Waals surface area contributed by atoms with Crippen LogP contribution in [-0.2, 0) is 16.1 Å². The first-order valence-electron chi connectivity index (χ1n) is 11.0. The minimum Gasteiger partial charge on any atom is -0.480 e. The van der Waals surface area contributed by atoms with Gasteiger partial charge in [0.1, 0.15) is 12.6 Å². The van der Waals surface area contributed by atoms with Gasteiger partial charge in [0.15, 0.2) is 17.8 Å². The summed E-state index contributed by atoms with van der Waals surface area (Å²) in [7, 11) is 0. The Morgan fingerprint density at radius 1 is 1.09 bits per heavy atom. The molecule has 1 atom stereocenters. The third kappa shape index (κ3) is 4.78. The second-order valence-corrected chi connectivity index (χ2v) is 7.96. The van der Waals surface area contributed by atoms with Gasteiger partial charge in [0.2, 0.25) is 0 Å². The summed E-state index contributed by atoms with van der Waals surface area (Å²) in [5.41, 5.74) is 4.39. The fourth-order valence-corrected chi connectivity index (χ4v) is 4.16. The number of carboxylic acids is 1. The Hall–Kier alpha value is -4.14. The van der Waals surface area contributed by atoms with Crippen molar-refractivity contribution in [3.8, 4) is 11.1 Å². The van der Waals surface area contributed by atoms with Crippen LogP contribution in [0.4, 0.5) is 4.79 Å². The van der Waals surface area contributed by atoms with Crippen molar-refractivity contribution < 1.29 is 28.6 Å². The predicted octanol–water partition coefficient (Wildman–Crippen LogP) is 3.70. The van der Waals surface area contributed by atoms with Gasteiger partial charge in [-0.3, -0.25) is 4.79 Å². The first-order chi connectivity index (χ1) is 16.5. The number of rotatable bonds is 9. The minimum atomic E-state index is -1.13. The lowest BCUT2D eigenvalue weighted by atomic mass is 9.98. The highest BCUT2D eigenvalue weighted by atomic mass is 16.5. The van der Waals surface area contributed by atoms with Crippen LogP contribution in [0.15, 0.2) is 59.3 Å². The van der Waals surface area contributed by atoms with E-state index in [1.807, 2.05) is 43.3 Å². The monoisotopic (exact) mass is 463 g/mol. The number of ether oxygens (including phenoxy) is 1. The molecule has 3 aromatic rings. The van der Waals surface area contributed by atoms with Gasteiger partial charge in [0.25, 0.3) is 5.91 Å². The topological polar surface area (TPSA) is 131 Å². The normalized spacial score (nSPS) is 13.0. The number of amides is 2. The smallest absolute Gasteiger partial charge is 0.407 e. The van der Waals surface area contributed by atoms with Gasteiger partial charge in [-0.2, -0.15) is 0 Å². The van der Waals surface area contributed by atoms with Crippen LogP contribution in [0.1, 0.15) is 53.1 Å². The maximum Gasteiger partial charge on any atom is 0.407 e. The molecule has 176 valence electrons. The van der Waals surface area contributed by atoms with Crippen LogP contribution in [-0.4, -0.2) is 40.7 Å². The van der Waals surface area contributed by atoms with Gasteiger partial charge >= 0.3 is 12.1 Å². The highest BCUT2D eigenvalue weighted by molar-refractivity contribution is 5.95. The van der Waals surface area contributed by atoms with Crippen LogP contribution >= 0.6 is 0 Å². The Bertz CT molecular complexity index is 1160. The SMILES string of the molecule is CCC[C@@H](NC(=O)c1ncoc1CNC(=O)OCC1c2ccccc2-c2ccccc21)C(=O)O. The Labute approximate surface area is 196 Å². The molecule has 2 aromatic carbocycles. The van der Waals surface area contributed by atoms with Crippen LogP contribution < -0.4 is 10.6 Å². The van der Waals surface area contributed by atoms with E-state index in [1.165, 1.54) is 0 Å². The maximum atomic E-state index is 12.5. The molecule has 1 heterocycles. The van der Waals surface area contributed by atoms with Gasteiger partial charge in [0.05, 0.1) is 6.54 Å². The van der Waals surface area contributed by atoms with Crippen LogP contribution in [0.2, 0.25) is 0 Å². The average Bonchev–Trinajstić information content (AvgIpc) is 3.44. The molecule has 1 aromatic heterocycles. The van der Waals surface area contributed by atoms with Crippen molar-refractivity contribution in [1.82, 2.24) is 15.6 Å². The fraction of sp³-hybridized carbons (Fsp3) is 0.280. The van der Waals surface area contributed by atoms with Crippen LogP contribution in [0, 0.1) is 0 Å². The van der Waals surface area contributed by atoms with E-state index in [-0.39, 0.29) is 36.9 Å². The molecule has 0 saturated carbocycles. The number of hydrogen-bond acceptors (Lipinski definition) is 6. The number of hydrogen-bond donors (Lipinski definition) is 3. The maximum absolute atomic E-state index is 12.5. The zero-order valence-corrected chi connectivity index (χ0v) is 18.6. The minimum absolute atomic E-state index is 0.0729. The summed E-state index contributed by atoms with van der Waals surface area (Å²) in [5.74, 6) is -1.78. The molecule has 2 amide bonds. The summed E-state index contributed by atoms with van der Waals surface area (Å²) >= 11 is 0. The average molecular weight is 463 g/mol. The number of aliphatic carboxylic acids is 1. The van der Waals surface area contributed by atoms with E-state index in [2.05, 4.69) is 27.8 Å². The van der Waals surface area contributed by atoms with Crippen LogP contribution in [0.25, 0.3) is 11.1 Å². The number of benzene rings is 2. The molecule has 0 saturated heterocycles. The standard InChI is InChI=1S/C25H25N3O6/c1-2-7-20(24(30)31)28-23(29)22-21(34-14-27-22)12-26-25(32)33-13-19-17-10-5-3-8-15(17)16-9-4-6-11-18(16)19/h3-6,8-11,14,19-20H,2,7,12-13H2,1H3,(H,26,32)(H,28,29)(H,30,31)/t20-/m1/s1. The lowest BCUT2D eigenvalue weighted by Crippen LogP contribution is -2.41. The molecule has 0 unspecified atom stereocenters. The molecular weight excluding hydrogens is 438 g/mol. The first kappa shape index (κ1) is 23.0. The van der Waals surface area contributed by atoms with Crippen LogP contribution in [0.3, 0.4) is 0 Å². The zero-order valence-electron chi connectivity index (χ0n) is 18.6. The van der Waals surface area contributed by atoms with E-state index in [9.17, 15) is 19.5 Å². The van der Waals surface area contributed by atoms with E-state index in [4.69, 9.17) is 9.15 Å². The summed E-state index contributed by atoms with van der Waals surface area (Å²) in [5, 5.41) is 14.2. The van der Waals surface area contributed by atoms with E-state index in [0.717, 1.165) is 28.6 Å². The van der Waals surface area contributed by atoms with E-state index >= 15 is 0 Å². The molecule has 9 nitrogen and oxygen atoms in total. The van der Waals surface area contributed by atoms with E-state index in [0.29, 0.717) is 6.42 Å². The molecule has 1 aliphatic carbocycles. The first-order valence-corrected chi connectivity index (χ1v) is 11.0. The Balaban J connectivity index is 1.35. The number of oxazole rings is 1. The molecule has 0 radical (unpaired) electrons. The molecule has 0 spiro atoms. The number of carbonyl (C=O) groups excluding carboxylic acids is 2. The number of fused-ring (bicyclic) bond motifs is 3. The molecule has 0 bridgehead atoms. The van der Waals surface area contributed by atoms with E-state index < -0.39 is 24.0 Å². The highest BCUT2D eigenvalue weighted by Gasteiger charge is 2.29. The van der Waals surface area contributed by atoms with Crippen molar-refractivity contribution in [3.05, 3.63) is 77.5 Å². The lowest BCUT2D eigenvalue weighted by molar-refractivity contribution is -0.139. The number of aromatic nitrogens is 1. The van der Waals surface area contributed by atoms with Crippen molar-refractivity contribution >= 4 is 18.0 Å². The third-order valence-electron chi connectivity index (χ3n) is 5.77. The van der Waals surface area contributed by atoms with Gasteiger partial charge < -0.3 is 24.9 Å². The number of nitrogens with zero attached hydrogens (tertiary/aromatic N) is 1. The molecule has 3 N–H and O–H groups in total.